The van der Waals surface area contributed by atoms with Gasteiger partial charge in [0.15, 0.2) is 5.78 Å². The van der Waals surface area contributed by atoms with E-state index in [1.807, 2.05) is 23.7 Å². The summed E-state index contributed by atoms with van der Waals surface area (Å²) in [5, 5.41) is 2.32. The van der Waals surface area contributed by atoms with E-state index < -0.39 is 0 Å². The molecule has 0 aliphatic heterocycles. The van der Waals surface area contributed by atoms with Crippen LogP contribution in [0.25, 0.3) is 10.9 Å². The average molecular weight is 339 g/mol. The summed E-state index contributed by atoms with van der Waals surface area (Å²) < 4.78 is 1.87. The van der Waals surface area contributed by atoms with Crippen molar-refractivity contribution in [3.63, 3.8) is 0 Å². The summed E-state index contributed by atoms with van der Waals surface area (Å²) in [6.45, 7) is 0. The maximum Gasteiger partial charge on any atom is 0.196 e. The summed E-state index contributed by atoms with van der Waals surface area (Å²) in [6, 6.07) is 10.3. The molecule has 0 saturated carbocycles. The predicted molar refractivity (Wildman–Crippen MR) is 87.8 cm³/mol. The molecule has 0 unspecified atom stereocenters. The van der Waals surface area contributed by atoms with Crippen LogP contribution in [-0.4, -0.2) is 10.4 Å². The molecular formula is C16H10Cl3NO. The van der Waals surface area contributed by atoms with Gasteiger partial charge in [0.25, 0.3) is 0 Å². The topological polar surface area (TPSA) is 22.0 Å². The Morgan fingerprint density at radius 1 is 0.952 bits per heavy atom. The highest BCUT2D eigenvalue weighted by Crippen LogP contribution is 2.29. The number of hydrogen-bond acceptors (Lipinski definition) is 1. The second kappa shape index (κ2) is 5.38. The Kier molecular flexibility index (Phi) is 3.70. The molecule has 5 heteroatoms. The van der Waals surface area contributed by atoms with Crippen LogP contribution >= 0.6 is 34.8 Å². The van der Waals surface area contributed by atoms with E-state index in [-0.39, 0.29) is 5.78 Å². The second-order valence-electron chi connectivity index (χ2n) is 4.77. The standard InChI is InChI=1S/C16H10Cl3NO/c1-20-8-13(11-4-2-10(18)7-15(11)20)16(21)12-5-3-9(17)6-14(12)19/h2-8H,1H3. The summed E-state index contributed by atoms with van der Waals surface area (Å²) in [4.78, 5) is 12.7. The van der Waals surface area contributed by atoms with Crippen LogP contribution in [0.4, 0.5) is 0 Å². The van der Waals surface area contributed by atoms with Crippen molar-refractivity contribution in [1.82, 2.24) is 4.57 Å². The minimum atomic E-state index is -0.135. The van der Waals surface area contributed by atoms with Crippen molar-refractivity contribution in [2.24, 2.45) is 7.05 Å². The summed E-state index contributed by atoms with van der Waals surface area (Å²) in [5.74, 6) is -0.135. The van der Waals surface area contributed by atoms with Gasteiger partial charge in [0.05, 0.1) is 5.02 Å². The number of rotatable bonds is 2. The highest BCUT2D eigenvalue weighted by molar-refractivity contribution is 6.38. The fourth-order valence-corrected chi connectivity index (χ4v) is 3.02. The lowest BCUT2D eigenvalue weighted by Crippen LogP contribution is -2.01. The van der Waals surface area contributed by atoms with Crippen LogP contribution in [0.3, 0.4) is 0 Å². The normalized spacial score (nSPS) is 11.0. The van der Waals surface area contributed by atoms with Gasteiger partial charge in [-0.05, 0) is 30.3 Å². The first kappa shape index (κ1) is 14.5. The Morgan fingerprint density at radius 2 is 1.62 bits per heavy atom. The zero-order valence-electron chi connectivity index (χ0n) is 11.0. The molecule has 1 heterocycles. The van der Waals surface area contributed by atoms with E-state index in [0.717, 1.165) is 10.9 Å². The number of nitrogens with zero attached hydrogens (tertiary/aromatic N) is 1. The average Bonchev–Trinajstić information content (AvgIpc) is 2.75. The molecule has 106 valence electrons. The lowest BCUT2D eigenvalue weighted by atomic mass is 10.0. The van der Waals surface area contributed by atoms with Crippen molar-refractivity contribution in [2.45, 2.75) is 0 Å². The second-order valence-corrected chi connectivity index (χ2v) is 6.05. The van der Waals surface area contributed by atoms with Gasteiger partial charge in [0.2, 0.25) is 0 Å². The third-order valence-electron chi connectivity index (χ3n) is 3.37. The van der Waals surface area contributed by atoms with Crippen LogP contribution in [0.5, 0.6) is 0 Å². The summed E-state index contributed by atoms with van der Waals surface area (Å²) in [5.41, 5.74) is 1.92. The summed E-state index contributed by atoms with van der Waals surface area (Å²) in [6.07, 6.45) is 1.79. The SMILES string of the molecule is Cn1cc(C(=O)c2ccc(Cl)cc2Cl)c2ccc(Cl)cc21. The van der Waals surface area contributed by atoms with Crippen LogP contribution in [-0.2, 0) is 7.05 Å². The fourth-order valence-electron chi connectivity index (χ4n) is 2.36. The Bertz CT molecular complexity index is 867. The Morgan fingerprint density at radius 3 is 2.33 bits per heavy atom. The fraction of sp³-hybridized carbons (Fsp3) is 0.0625. The van der Waals surface area contributed by atoms with Gasteiger partial charge in [-0.2, -0.15) is 0 Å². The van der Waals surface area contributed by atoms with Gasteiger partial charge in [-0.15, -0.1) is 0 Å². The zero-order chi connectivity index (χ0) is 15.1. The van der Waals surface area contributed by atoms with Crippen LogP contribution in [0.1, 0.15) is 15.9 Å². The van der Waals surface area contributed by atoms with E-state index >= 15 is 0 Å². The Balaban J connectivity index is 2.18. The van der Waals surface area contributed by atoms with Crippen molar-refractivity contribution in [3.8, 4) is 0 Å². The van der Waals surface area contributed by atoms with Crippen LogP contribution < -0.4 is 0 Å². The highest BCUT2D eigenvalue weighted by atomic mass is 35.5. The maximum atomic E-state index is 12.7. The molecule has 0 aliphatic carbocycles. The first-order chi connectivity index (χ1) is 9.97. The molecule has 2 aromatic carbocycles. The molecule has 0 saturated heterocycles. The molecule has 2 nitrogen and oxygen atoms in total. The molecule has 0 spiro atoms. The maximum absolute atomic E-state index is 12.7. The molecular weight excluding hydrogens is 329 g/mol. The van der Waals surface area contributed by atoms with E-state index in [9.17, 15) is 4.79 Å². The minimum absolute atomic E-state index is 0.135. The largest absolute Gasteiger partial charge is 0.350 e. The predicted octanol–water partition coefficient (Wildman–Crippen LogP) is 5.37. The van der Waals surface area contributed by atoms with E-state index in [1.54, 1.807) is 30.5 Å². The molecule has 0 amide bonds. The van der Waals surface area contributed by atoms with Gasteiger partial charge < -0.3 is 4.57 Å². The number of fused-ring (bicyclic) bond motifs is 1. The number of benzene rings is 2. The monoisotopic (exact) mass is 337 g/mol. The minimum Gasteiger partial charge on any atom is -0.350 e. The van der Waals surface area contributed by atoms with Gasteiger partial charge in [-0.3, -0.25) is 4.79 Å². The van der Waals surface area contributed by atoms with Gasteiger partial charge in [-0.1, -0.05) is 40.9 Å². The van der Waals surface area contributed by atoms with Gasteiger partial charge >= 0.3 is 0 Å². The Hall–Kier alpha value is -1.48. The molecule has 0 bridgehead atoms. The molecule has 3 rings (SSSR count). The van der Waals surface area contributed by atoms with E-state index in [1.165, 1.54) is 0 Å². The van der Waals surface area contributed by atoms with E-state index in [4.69, 9.17) is 34.8 Å². The van der Waals surface area contributed by atoms with Gasteiger partial charge in [0.1, 0.15) is 0 Å². The molecule has 0 N–H and O–H groups in total. The molecule has 21 heavy (non-hydrogen) atoms. The van der Waals surface area contributed by atoms with E-state index in [2.05, 4.69) is 0 Å². The van der Waals surface area contributed by atoms with Crippen molar-refractivity contribution < 1.29 is 4.79 Å². The van der Waals surface area contributed by atoms with Crippen molar-refractivity contribution in [3.05, 3.63) is 68.8 Å². The first-order valence-corrected chi connectivity index (χ1v) is 7.35. The van der Waals surface area contributed by atoms with Crippen LogP contribution in [0.15, 0.2) is 42.6 Å². The summed E-state index contributed by atoms with van der Waals surface area (Å²) >= 11 is 18.0. The van der Waals surface area contributed by atoms with Crippen LogP contribution in [0.2, 0.25) is 15.1 Å². The van der Waals surface area contributed by atoms with Crippen molar-refractivity contribution >= 4 is 51.5 Å². The summed E-state index contributed by atoms with van der Waals surface area (Å²) in [7, 11) is 1.87. The zero-order valence-corrected chi connectivity index (χ0v) is 13.3. The number of halogens is 3. The molecule has 3 aromatic rings. The number of carbonyl (C=O) groups excluding carboxylic acids is 1. The van der Waals surface area contributed by atoms with E-state index in [0.29, 0.717) is 26.2 Å². The van der Waals surface area contributed by atoms with Gasteiger partial charge in [-0.25, -0.2) is 0 Å². The number of ketones is 1. The third kappa shape index (κ3) is 2.55. The number of hydrogen-bond donors (Lipinski definition) is 0. The molecule has 1 aromatic heterocycles. The number of aromatic nitrogens is 1. The van der Waals surface area contributed by atoms with Gasteiger partial charge in [0, 0.05) is 45.3 Å². The lowest BCUT2D eigenvalue weighted by molar-refractivity contribution is 0.104. The number of carbonyl (C=O) groups is 1. The molecule has 0 atom stereocenters. The van der Waals surface area contributed by atoms with Crippen molar-refractivity contribution in [2.75, 3.05) is 0 Å². The molecule has 0 aliphatic rings. The highest BCUT2D eigenvalue weighted by Gasteiger charge is 2.18. The Labute approximate surface area is 136 Å². The van der Waals surface area contributed by atoms with Crippen LogP contribution in [0, 0.1) is 0 Å². The molecule has 0 radical (unpaired) electrons. The number of aryl methyl sites for hydroxylation is 1. The first-order valence-electron chi connectivity index (χ1n) is 6.21. The lowest BCUT2D eigenvalue weighted by Gasteiger charge is -2.03. The third-order valence-corrected chi connectivity index (χ3v) is 4.16. The molecule has 0 fully saturated rings. The smallest absolute Gasteiger partial charge is 0.196 e. The quantitative estimate of drug-likeness (QED) is 0.576. The van der Waals surface area contributed by atoms with Crippen molar-refractivity contribution in [1.29, 1.82) is 0 Å².